The summed E-state index contributed by atoms with van der Waals surface area (Å²) in [5, 5.41) is 12.5. The minimum atomic E-state index is -1.21. The first kappa shape index (κ1) is 8.33. The molecule has 0 aromatic rings. The summed E-state index contributed by atoms with van der Waals surface area (Å²) in [7, 11) is 1.56. The van der Waals surface area contributed by atoms with E-state index in [0.29, 0.717) is 12.5 Å². The smallest absolute Gasteiger partial charge is 0.134 e. The first-order valence-corrected chi connectivity index (χ1v) is 3.70. The molecule has 1 aliphatic rings. The molecule has 0 bridgehead atoms. The zero-order valence-electron chi connectivity index (χ0n) is 6.50. The average Bonchev–Trinajstić information content (AvgIpc) is 2.66. The van der Waals surface area contributed by atoms with Crippen molar-refractivity contribution in [1.82, 2.24) is 5.32 Å². The molecule has 4 nitrogen and oxygen atoms in total. The number of carbonyl (C=O) groups is 1. The second kappa shape index (κ2) is 3.57. The highest BCUT2D eigenvalue weighted by Gasteiger charge is 2.30. The van der Waals surface area contributed by atoms with Crippen LogP contribution in [0.4, 0.5) is 4.79 Å². The van der Waals surface area contributed by atoms with Crippen molar-refractivity contribution in [3.63, 3.8) is 0 Å². The largest absolute Gasteiger partial charge is 0.530 e. The van der Waals surface area contributed by atoms with Gasteiger partial charge in [-0.15, -0.1) is 0 Å². The van der Waals surface area contributed by atoms with Crippen molar-refractivity contribution in [2.24, 2.45) is 5.92 Å². The lowest BCUT2D eigenvalue weighted by atomic mass is 10.2. The van der Waals surface area contributed by atoms with E-state index in [1.165, 1.54) is 0 Å². The fourth-order valence-electron chi connectivity index (χ4n) is 1.13. The Kier molecular flexibility index (Phi) is 2.70. The Morgan fingerprint density at radius 1 is 1.82 bits per heavy atom. The Morgan fingerprint density at radius 3 is 2.82 bits per heavy atom. The quantitative estimate of drug-likeness (QED) is 0.591. The predicted molar refractivity (Wildman–Crippen MR) is 36.9 cm³/mol. The highest BCUT2D eigenvalue weighted by atomic mass is 16.5. The molecule has 1 fully saturated rings. The van der Waals surface area contributed by atoms with Crippen LogP contribution in [-0.4, -0.2) is 25.9 Å². The first-order chi connectivity index (χ1) is 5.24. The second-order valence-corrected chi connectivity index (χ2v) is 2.83. The van der Waals surface area contributed by atoms with Gasteiger partial charge in [-0.05, 0) is 18.8 Å². The molecule has 0 radical (unpaired) electrons. The van der Waals surface area contributed by atoms with E-state index in [4.69, 9.17) is 4.74 Å². The Labute approximate surface area is 65.5 Å². The molecule has 11 heavy (non-hydrogen) atoms. The van der Waals surface area contributed by atoms with Crippen molar-refractivity contribution < 1.29 is 14.6 Å². The summed E-state index contributed by atoms with van der Waals surface area (Å²) >= 11 is 0. The number of carboxylic acid groups (broad SMARTS) is 1. The van der Waals surface area contributed by atoms with E-state index < -0.39 is 6.09 Å². The molecule has 64 valence electrons. The summed E-state index contributed by atoms with van der Waals surface area (Å²) in [5.41, 5.74) is 0. The van der Waals surface area contributed by atoms with Gasteiger partial charge in [0.1, 0.15) is 6.09 Å². The molecular weight excluding hydrogens is 146 g/mol. The van der Waals surface area contributed by atoms with Crippen LogP contribution in [0.15, 0.2) is 0 Å². The number of nitrogens with one attached hydrogen (secondary N) is 1. The average molecular weight is 158 g/mol. The molecule has 0 saturated heterocycles. The third kappa shape index (κ3) is 2.76. The predicted octanol–water partition coefficient (Wildman–Crippen LogP) is -0.656. The molecule has 0 spiro atoms. The topological polar surface area (TPSA) is 61.4 Å². The molecule has 0 aliphatic heterocycles. The van der Waals surface area contributed by atoms with Crippen molar-refractivity contribution >= 4 is 6.09 Å². The molecule has 0 aromatic heterocycles. The summed E-state index contributed by atoms with van der Waals surface area (Å²) < 4.78 is 4.85. The number of ether oxygens (including phenoxy) is 1. The van der Waals surface area contributed by atoms with Crippen molar-refractivity contribution in [2.45, 2.75) is 18.9 Å². The Bertz CT molecular complexity index is 145. The molecule has 0 heterocycles. The number of amides is 1. The zero-order valence-corrected chi connectivity index (χ0v) is 6.50. The van der Waals surface area contributed by atoms with E-state index in [1.54, 1.807) is 7.11 Å². The van der Waals surface area contributed by atoms with Crippen molar-refractivity contribution in [3.05, 3.63) is 0 Å². The lowest BCUT2D eigenvalue weighted by Gasteiger charge is -2.18. The van der Waals surface area contributed by atoms with Gasteiger partial charge in [0, 0.05) is 7.11 Å². The fraction of sp³-hybridized carbons (Fsp3) is 0.857. The van der Waals surface area contributed by atoms with Gasteiger partial charge in [0.2, 0.25) is 0 Å². The molecule has 1 aliphatic carbocycles. The SMILES string of the molecule is COC[C@@H](NC(=O)[O-])C1CC1. The van der Waals surface area contributed by atoms with Crippen LogP contribution in [0.25, 0.3) is 0 Å². The van der Waals surface area contributed by atoms with Crippen LogP contribution in [0.1, 0.15) is 12.8 Å². The van der Waals surface area contributed by atoms with Gasteiger partial charge in [-0.25, -0.2) is 0 Å². The molecule has 1 saturated carbocycles. The fourth-order valence-corrected chi connectivity index (χ4v) is 1.13. The summed E-state index contributed by atoms with van der Waals surface area (Å²) in [6.45, 7) is 0.443. The molecule has 1 atom stereocenters. The highest BCUT2D eigenvalue weighted by Crippen LogP contribution is 2.32. The standard InChI is InChI=1S/C7H13NO3/c1-11-4-6(5-2-3-5)8-7(9)10/h5-6,8H,2-4H2,1H3,(H,9,10)/p-1/t6-/m1/s1. The van der Waals surface area contributed by atoms with Crippen molar-refractivity contribution in [2.75, 3.05) is 13.7 Å². The minimum Gasteiger partial charge on any atom is -0.530 e. The lowest BCUT2D eigenvalue weighted by molar-refractivity contribution is -0.252. The Balaban J connectivity index is 2.26. The minimum absolute atomic E-state index is 0.0648. The van der Waals surface area contributed by atoms with Crippen LogP contribution in [0.3, 0.4) is 0 Å². The first-order valence-electron chi connectivity index (χ1n) is 3.70. The van der Waals surface area contributed by atoms with Crippen LogP contribution in [0, 0.1) is 5.92 Å². The van der Waals surface area contributed by atoms with Gasteiger partial charge in [0.05, 0.1) is 12.6 Å². The van der Waals surface area contributed by atoms with Crippen LogP contribution in [0.2, 0.25) is 0 Å². The monoisotopic (exact) mass is 158 g/mol. The van der Waals surface area contributed by atoms with Gasteiger partial charge in [0.15, 0.2) is 0 Å². The van der Waals surface area contributed by atoms with E-state index in [1.807, 2.05) is 0 Å². The summed E-state index contributed by atoms with van der Waals surface area (Å²) in [6, 6.07) is -0.0648. The summed E-state index contributed by atoms with van der Waals surface area (Å²) in [4.78, 5) is 10.1. The van der Waals surface area contributed by atoms with Crippen LogP contribution in [-0.2, 0) is 4.74 Å². The van der Waals surface area contributed by atoms with Gasteiger partial charge >= 0.3 is 0 Å². The van der Waals surface area contributed by atoms with Gasteiger partial charge in [-0.3, -0.25) is 0 Å². The van der Waals surface area contributed by atoms with E-state index in [2.05, 4.69) is 5.32 Å². The number of hydrogen-bond acceptors (Lipinski definition) is 3. The second-order valence-electron chi connectivity index (χ2n) is 2.83. The molecule has 0 unspecified atom stereocenters. The van der Waals surface area contributed by atoms with E-state index in [9.17, 15) is 9.90 Å². The molecular formula is C7H12NO3-. The van der Waals surface area contributed by atoms with Crippen molar-refractivity contribution in [1.29, 1.82) is 0 Å². The van der Waals surface area contributed by atoms with Crippen LogP contribution < -0.4 is 10.4 Å². The molecule has 1 rings (SSSR count). The third-order valence-corrected chi connectivity index (χ3v) is 1.84. The number of methoxy groups -OCH3 is 1. The number of rotatable bonds is 4. The van der Waals surface area contributed by atoms with Gasteiger partial charge in [-0.2, -0.15) is 0 Å². The maximum Gasteiger partial charge on any atom is 0.134 e. The zero-order chi connectivity index (χ0) is 8.27. The van der Waals surface area contributed by atoms with Crippen LogP contribution >= 0.6 is 0 Å². The van der Waals surface area contributed by atoms with Gasteiger partial charge < -0.3 is 20.0 Å². The van der Waals surface area contributed by atoms with Crippen molar-refractivity contribution in [3.8, 4) is 0 Å². The number of hydrogen-bond donors (Lipinski definition) is 1. The number of carbonyl (C=O) groups excluding carboxylic acids is 1. The maximum atomic E-state index is 10.1. The van der Waals surface area contributed by atoms with Gasteiger partial charge in [-0.1, -0.05) is 0 Å². The molecule has 0 aromatic carbocycles. The molecule has 1 amide bonds. The van der Waals surface area contributed by atoms with E-state index in [0.717, 1.165) is 12.8 Å². The van der Waals surface area contributed by atoms with E-state index >= 15 is 0 Å². The molecule has 1 N–H and O–H groups in total. The van der Waals surface area contributed by atoms with Gasteiger partial charge in [0.25, 0.3) is 0 Å². The molecule has 4 heteroatoms. The third-order valence-electron chi connectivity index (χ3n) is 1.84. The normalized spacial score (nSPS) is 19.4. The summed E-state index contributed by atoms with van der Waals surface area (Å²) in [6.07, 6.45) is 0.974. The van der Waals surface area contributed by atoms with Crippen LogP contribution in [0.5, 0.6) is 0 Å². The Hall–Kier alpha value is -0.770. The Morgan fingerprint density at radius 2 is 2.45 bits per heavy atom. The highest BCUT2D eigenvalue weighted by molar-refractivity contribution is 5.62. The maximum absolute atomic E-state index is 10.1. The lowest BCUT2D eigenvalue weighted by Crippen LogP contribution is -2.46. The summed E-state index contributed by atoms with van der Waals surface area (Å²) in [5.74, 6) is 0.466. The van der Waals surface area contributed by atoms with E-state index in [-0.39, 0.29) is 6.04 Å².